The van der Waals surface area contributed by atoms with E-state index < -0.39 is 0 Å². The van der Waals surface area contributed by atoms with Crippen LogP contribution < -0.4 is 0 Å². The van der Waals surface area contributed by atoms with Crippen LogP contribution in [0, 0.1) is 0 Å². The standard InChI is InChI=1S/C60H66N4/c1-56(2,3)39-21-24-44(25-22-39)64-51-20-16-19-45(48-34-43(60(13,14)15)35-49-47-32-40(57(4,5)6)23-26-50(47)62-53(48)49)54(51)63-55(64)38-28-37(30-41(31-38)58(7,8)9)46-33-42(59(10,11)12)29-36-18-17-27-61-52(36)46/h16-35,62H,1-15H3. The van der Waals surface area contributed by atoms with Gasteiger partial charge in [-0.1, -0.05) is 146 Å². The van der Waals surface area contributed by atoms with Gasteiger partial charge in [-0.05, 0) is 133 Å². The number of pyridine rings is 1. The molecular weight excluding hydrogens is 777 g/mol. The summed E-state index contributed by atoms with van der Waals surface area (Å²) in [6.07, 6.45) is 1.92. The number of rotatable bonds is 4. The van der Waals surface area contributed by atoms with Gasteiger partial charge in [0.15, 0.2) is 0 Å². The van der Waals surface area contributed by atoms with Crippen molar-refractivity contribution in [3.8, 4) is 39.3 Å². The lowest BCUT2D eigenvalue weighted by atomic mass is 9.81. The molecule has 0 radical (unpaired) electrons. The molecule has 4 nitrogen and oxygen atoms in total. The van der Waals surface area contributed by atoms with Crippen LogP contribution in [0.2, 0.25) is 0 Å². The highest BCUT2D eigenvalue weighted by Crippen LogP contribution is 2.44. The van der Waals surface area contributed by atoms with Crippen LogP contribution in [0.1, 0.15) is 132 Å². The molecule has 0 aliphatic rings. The molecule has 4 heteroatoms. The van der Waals surface area contributed by atoms with E-state index in [-0.39, 0.29) is 27.1 Å². The molecule has 64 heavy (non-hydrogen) atoms. The SMILES string of the molecule is CC(C)(C)c1ccc(-n2c(-c3cc(-c4cc(C(C)(C)C)cc5cccnc45)cc(C(C)(C)C)c3)nc3c(-c4cc(C(C)(C)C)cc5c4[nH]c4ccc(C(C)(C)C)cc45)cccc32)cc1. The molecule has 0 bridgehead atoms. The Morgan fingerprint density at radius 3 is 1.67 bits per heavy atom. The first-order chi connectivity index (χ1) is 29.9. The molecule has 9 aromatic rings. The van der Waals surface area contributed by atoms with Crippen molar-refractivity contribution in [1.29, 1.82) is 0 Å². The fourth-order valence-corrected chi connectivity index (χ4v) is 9.18. The zero-order valence-electron chi connectivity index (χ0n) is 40.9. The number of aromatic amines is 1. The van der Waals surface area contributed by atoms with E-state index in [1.54, 1.807) is 0 Å². The molecule has 6 aromatic carbocycles. The van der Waals surface area contributed by atoms with E-state index in [2.05, 4.69) is 223 Å². The van der Waals surface area contributed by atoms with Gasteiger partial charge in [0.2, 0.25) is 0 Å². The van der Waals surface area contributed by atoms with Crippen molar-refractivity contribution in [2.75, 3.05) is 0 Å². The Morgan fingerprint density at radius 2 is 1.02 bits per heavy atom. The molecule has 0 amide bonds. The fraction of sp³-hybridized carbons (Fsp3) is 0.333. The summed E-state index contributed by atoms with van der Waals surface area (Å²) in [6, 6.07) is 43.6. The summed E-state index contributed by atoms with van der Waals surface area (Å²) in [5.74, 6) is 0.914. The van der Waals surface area contributed by atoms with E-state index in [1.165, 1.54) is 44.2 Å². The average molecular weight is 843 g/mol. The number of nitrogens with zero attached hydrogens (tertiary/aromatic N) is 3. The number of imidazole rings is 1. The Hall–Kier alpha value is -6.00. The summed E-state index contributed by atoms with van der Waals surface area (Å²) in [4.78, 5) is 14.7. The molecule has 0 saturated heterocycles. The van der Waals surface area contributed by atoms with Gasteiger partial charge in [-0.2, -0.15) is 0 Å². The lowest BCUT2D eigenvalue weighted by Crippen LogP contribution is -2.13. The Labute approximate surface area is 381 Å². The van der Waals surface area contributed by atoms with Gasteiger partial charge in [0, 0.05) is 55.8 Å². The van der Waals surface area contributed by atoms with Crippen LogP contribution in [0.3, 0.4) is 0 Å². The number of hydrogen-bond acceptors (Lipinski definition) is 2. The van der Waals surface area contributed by atoms with Gasteiger partial charge >= 0.3 is 0 Å². The van der Waals surface area contributed by atoms with Crippen LogP contribution in [0.4, 0.5) is 0 Å². The van der Waals surface area contributed by atoms with Crippen LogP contribution in [0.5, 0.6) is 0 Å². The third-order valence-electron chi connectivity index (χ3n) is 13.3. The van der Waals surface area contributed by atoms with Crippen molar-refractivity contribution in [1.82, 2.24) is 19.5 Å². The molecule has 0 fully saturated rings. The molecule has 1 N–H and O–H groups in total. The predicted octanol–water partition coefficient (Wildman–Crippen LogP) is 16.7. The number of H-pyrrole nitrogens is 1. The monoisotopic (exact) mass is 843 g/mol. The van der Waals surface area contributed by atoms with Gasteiger partial charge in [0.1, 0.15) is 5.82 Å². The van der Waals surface area contributed by atoms with Crippen molar-refractivity contribution in [3.63, 3.8) is 0 Å². The predicted molar refractivity (Wildman–Crippen MR) is 276 cm³/mol. The third-order valence-corrected chi connectivity index (χ3v) is 13.3. The lowest BCUT2D eigenvalue weighted by Gasteiger charge is -2.24. The summed E-state index contributed by atoms with van der Waals surface area (Å²) >= 11 is 0. The minimum atomic E-state index is -0.131. The highest BCUT2D eigenvalue weighted by atomic mass is 15.1. The second-order valence-electron chi connectivity index (χ2n) is 23.5. The second kappa shape index (κ2) is 14.8. The number of para-hydroxylation sites is 1. The summed E-state index contributed by atoms with van der Waals surface area (Å²) in [5, 5.41) is 3.66. The average Bonchev–Trinajstić information content (AvgIpc) is 3.80. The summed E-state index contributed by atoms with van der Waals surface area (Å²) in [7, 11) is 0. The van der Waals surface area contributed by atoms with Gasteiger partial charge in [-0.3, -0.25) is 9.55 Å². The van der Waals surface area contributed by atoms with Gasteiger partial charge in [0.25, 0.3) is 0 Å². The van der Waals surface area contributed by atoms with E-state index >= 15 is 0 Å². The fourth-order valence-electron chi connectivity index (χ4n) is 9.18. The van der Waals surface area contributed by atoms with Crippen LogP contribution >= 0.6 is 0 Å². The van der Waals surface area contributed by atoms with E-state index in [9.17, 15) is 0 Å². The molecule has 0 atom stereocenters. The first kappa shape index (κ1) is 43.3. The van der Waals surface area contributed by atoms with Crippen molar-refractivity contribution in [2.24, 2.45) is 0 Å². The topological polar surface area (TPSA) is 46.5 Å². The van der Waals surface area contributed by atoms with E-state index in [0.717, 1.165) is 66.7 Å². The Kier molecular flexibility index (Phi) is 9.99. The molecule has 326 valence electrons. The van der Waals surface area contributed by atoms with Crippen LogP contribution in [0.25, 0.3) is 83.1 Å². The molecule has 9 rings (SSSR count). The Morgan fingerprint density at radius 1 is 0.438 bits per heavy atom. The molecule has 0 unspecified atom stereocenters. The lowest BCUT2D eigenvalue weighted by molar-refractivity contribution is 0.590. The smallest absolute Gasteiger partial charge is 0.145 e. The Bertz CT molecular complexity index is 3260. The first-order valence-electron chi connectivity index (χ1n) is 23.2. The van der Waals surface area contributed by atoms with Gasteiger partial charge in [-0.25, -0.2) is 4.98 Å². The quantitative estimate of drug-likeness (QED) is 0.192. The van der Waals surface area contributed by atoms with Crippen molar-refractivity contribution < 1.29 is 0 Å². The number of hydrogen-bond donors (Lipinski definition) is 1. The molecular formula is C60H66N4. The summed E-state index contributed by atoms with van der Waals surface area (Å²) < 4.78 is 2.39. The van der Waals surface area contributed by atoms with E-state index in [0.29, 0.717) is 0 Å². The van der Waals surface area contributed by atoms with Crippen LogP contribution in [0.15, 0.2) is 121 Å². The maximum Gasteiger partial charge on any atom is 0.145 e. The van der Waals surface area contributed by atoms with Gasteiger partial charge < -0.3 is 4.98 Å². The van der Waals surface area contributed by atoms with Crippen molar-refractivity contribution in [3.05, 3.63) is 149 Å². The minimum absolute atomic E-state index is 0.0244. The number of fused-ring (bicyclic) bond motifs is 5. The van der Waals surface area contributed by atoms with Gasteiger partial charge in [0.05, 0.1) is 22.1 Å². The normalized spacial score (nSPS) is 13.2. The number of nitrogens with one attached hydrogen (secondary N) is 1. The van der Waals surface area contributed by atoms with Gasteiger partial charge in [-0.15, -0.1) is 0 Å². The first-order valence-corrected chi connectivity index (χ1v) is 23.2. The van der Waals surface area contributed by atoms with Crippen LogP contribution in [-0.2, 0) is 27.1 Å². The number of aromatic nitrogens is 4. The minimum Gasteiger partial charge on any atom is -0.354 e. The van der Waals surface area contributed by atoms with E-state index in [4.69, 9.17) is 9.97 Å². The van der Waals surface area contributed by atoms with Crippen molar-refractivity contribution in [2.45, 2.75) is 131 Å². The molecule has 3 heterocycles. The zero-order valence-corrected chi connectivity index (χ0v) is 40.9. The highest BCUT2D eigenvalue weighted by Gasteiger charge is 2.27. The second-order valence-corrected chi connectivity index (χ2v) is 23.5. The van der Waals surface area contributed by atoms with E-state index in [1.807, 2.05) is 12.3 Å². The Balaban J connectivity index is 1.37. The molecule has 0 aliphatic heterocycles. The molecule has 0 spiro atoms. The largest absolute Gasteiger partial charge is 0.354 e. The molecule has 0 saturated carbocycles. The maximum absolute atomic E-state index is 5.82. The third kappa shape index (κ3) is 7.73. The zero-order chi connectivity index (χ0) is 45.9. The molecule has 0 aliphatic carbocycles. The number of benzene rings is 6. The molecule has 3 aromatic heterocycles. The maximum atomic E-state index is 5.82. The van der Waals surface area contributed by atoms with Crippen molar-refractivity contribution >= 4 is 43.7 Å². The summed E-state index contributed by atoms with van der Waals surface area (Å²) in [6.45, 7) is 34.5. The highest BCUT2D eigenvalue weighted by molar-refractivity contribution is 6.14. The van der Waals surface area contributed by atoms with Crippen LogP contribution in [-0.4, -0.2) is 19.5 Å². The summed E-state index contributed by atoms with van der Waals surface area (Å²) in [5.41, 5.74) is 18.4.